The highest BCUT2D eigenvalue weighted by Crippen LogP contribution is 2.24. The minimum Gasteiger partial charge on any atom is -0.490 e. The van der Waals surface area contributed by atoms with E-state index in [0.717, 1.165) is 18.6 Å². The van der Waals surface area contributed by atoms with Gasteiger partial charge in [-0.15, -0.1) is 0 Å². The van der Waals surface area contributed by atoms with Crippen LogP contribution in [0, 0.1) is 0 Å². The van der Waals surface area contributed by atoms with E-state index in [0.29, 0.717) is 37.8 Å². The predicted octanol–water partition coefficient (Wildman–Crippen LogP) is 2.88. The molecule has 0 bridgehead atoms. The van der Waals surface area contributed by atoms with E-state index in [1.54, 1.807) is 4.90 Å². The topological polar surface area (TPSA) is 61.9 Å². The van der Waals surface area contributed by atoms with Crippen LogP contribution < -0.4 is 10.1 Å². The van der Waals surface area contributed by atoms with Crippen LogP contribution in [0.3, 0.4) is 0 Å². The summed E-state index contributed by atoms with van der Waals surface area (Å²) in [5.74, 6) is 0.852. The summed E-state index contributed by atoms with van der Waals surface area (Å²) < 4.78 is 5.95. The van der Waals surface area contributed by atoms with E-state index in [9.17, 15) is 9.59 Å². The third-order valence-electron chi connectivity index (χ3n) is 4.97. The number of hydrogen-bond acceptors (Lipinski definition) is 3. The van der Waals surface area contributed by atoms with Crippen molar-refractivity contribution in [1.29, 1.82) is 0 Å². The normalized spacial score (nSPS) is 18.3. The molecule has 1 N–H and O–H groups in total. The average Bonchev–Trinajstić information content (AvgIpc) is 3.14. The first-order chi connectivity index (χ1) is 12.5. The van der Waals surface area contributed by atoms with Crippen LogP contribution in [-0.4, -0.2) is 60.1 Å². The first-order valence-corrected chi connectivity index (χ1v) is 9.64. The molecule has 1 aliphatic heterocycles. The summed E-state index contributed by atoms with van der Waals surface area (Å²) >= 11 is 0. The van der Waals surface area contributed by atoms with Crippen LogP contribution in [0.25, 0.3) is 0 Å². The van der Waals surface area contributed by atoms with E-state index < -0.39 is 0 Å². The van der Waals surface area contributed by atoms with Crippen molar-refractivity contribution in [3.63, 3.8) is 0 Å². The van der Waals surface area contributed by atoms with E-state index in [2.05, 4.69) is 5.32 Å². The monoisotopic (exact) mass is 359 g/mol. The smallest absolute Gasteiger partial charge is 0.317 e. The summed E-state index contributed by atoms with van der Waals surface area (Å²) in [5, 5.41) is 2.89. The summed E-state index contributed by atoms with van der Waals surface area (Å²) in [6, 6.07) is 7.51. The molecular weight excluding hydrogens is 330 g/mol. The van der Waals surface area contributed by atoms with Crippen molar-refractivity contribution in [3.8, 4) is 5.75 Å². The lowest BCUT2D eigenvalue weighted by Crippen LogP contribution is -2.54. The van der Waals surface area contributed by atoms with Crippen molar-refractivity contribution in [1.82, 2.24) is 15.1 Å². The molecule has 142 valence electrons. The Balaban J connectivity index is 1.51. The summed E-state index contributed by atoms with van der Waals surface area (Å²) in [5.41, 5.74) is 0.670. The number of rotatable bonds is 4. The number of nitrogens with zero attached hydrogens (tertiary/aromatic N) is 2. The highest BCUT2D eigenvalue weighted by molar-refractivity contribution is 5.94. The van der Waals surface area contributed by atoms with E-state index in [-0.39, 0.29) is 18.0 Å². The van der Waals surface area contributed by atoms with Crippen LogP contribution >= 0.6 is 0 Å². The third-order valence-corrected chi connectivity index (χ3v) is 4.97. The van der Waals surface area contributed by atoms with Gasteiger partial charge in [0, 0.05) is 37.8 Å². The van der Waals surface area contributed by atoms with Gasteiger partial charge in [-0.05, 0) is 63.8 Å². The summed E-state index contributed by atoms with van der Waals surface area (Å²) in [6.07, 6.45) is 5.04. The fraction of sp³-hybridized carbons (Fsp3) is 0.600. The van der Waals surface area contributed by atoms with Crippen molar-refractivity contribution in [2.45, 2.75) is 51.7 Å². The number of carbonyl (C=O) groups is 2. The van der Waals surface area contributed by atoms with Gasteiger partial charge < -0.3 is 19.9 Å². The zero-order chi connectivity index (χ0) is 18.5. The number of nitrogens with one attached hydrogen (secondary N) is 1. The third kappa shape index (κ3) is 4.68. The van der Waals surface area contributed by atoms with Crippen LogP contribution in [0.4, 0.5) is 4.79 Å². The molecule has 0 aromatic heterocycles. The van der Waals surface area contributed by atoms with E-state index >= 15 is 0 Å². The molecule has 3 rings (SSSR count). The molecule has 2 aliphatic rings. The van der Waals surface area contributed by atoms with Crippen LogP contribution in [0.2, 0.25) is 0 Å². The molecule has 0 atom stereocenters. The average molecular weight is 359 g/mol. The van der Waals surface area contributed by atoms with Gasteiger partial charge in [0.2, 0.25) is 0 Å². The molecule has 2 fully saturated rings. The Morgan fingerprint density at radius 2 is 1.58 bits per heavy atom. The number of benzene rings is 1. The number of hydrogen-bond donors (Lipinski definition) is 1. The maximum atomic E-state index is 12.7. The molecule has 6 heteroatoms. The molecule has 1 aromatic carbocycles. The van der Waals surface area contributed by atoms with Crippen LogP contribution in [0.1, 0.15) is 49.9 Å². The maximum Gasteiger partial charge on any atom is 0.317 e. The summed E-state index contributed by atoms with van der Waals surface area (Å²) in [7, 11) is 0. The van der Waals surface area contributed by atoms with E-state index in [1.807, 2.05) is 43.0 Å². The van der Waals surface area contributed by atoms with Gasteiger partial charge in [0.1, 0.15) is 5.75 Å². The van der Waals surface area contributed by atoms with Crippen molar-refractivity contribution >= 4 is 11.9 Å². The van der Waals surface area contributed by atoms with Gasteiger partial charge in [-0.2, -0.15) is 0 Å². The second kappa shape index (κ2) is 8.43. The number of urea groups is 1. The van der Waals surface area contributed by atoms with Gasteiger partial charge in [-0.25, -0.2) is 4.79 Å². The lowest BCUT2D eigenvalue weighted by atomic mass is 10.1. The minimum absolute atomic E-state index is 0.0151. The SMILES string of the molecule is CC(C)NC(=O)N1CCN(C(=O)c2ccc(OC3CCCC3)cc2)CC1. The molecule has 1 heterocycles. The summed E-state index contributed by atoms with van der Waals surface area (Å²) in [6.45, 7) is 6.13. The van der Waals surface area contributed by atoms with E-state index in [1.165, 1.54) is 12.8 Å². The lowest BCUT2D eigenvalue weighted by molar-refractivity contribution is 0.0664. The van der Waals surface area contributed by atoms with Gasteiger partial charge >= 0.3 is 6.03 Å². The Bertz CT molecular complexity index is 616. The van der Waals surface area contributed by atoms with Gasteiger partial charge in [0.05, 0.1) is 6.10 Å². The van der Waals surface area contributed by atoms with Crippen molar-refractivity contribution in [2.24, 2.45) is 0 Å². The standard InChI is InChI=1S/C20H29N3O3/c1-15(2)21-20(25)23-13-11-22(12-14-23)19(24)16-7-9-18(10-8-16)26-17-5-3-4-6-17/h7-10,15,17H,3-6,11-14H2,1-2H3,(H,21,25). The number of carbonyl (C=O) groups excluding carboxylic acids is 2. The molecule has 1 aromatic rings. The first kappa shape index (κ1) is 18.5. The molecule has 6 nitrogen and oxygen atoms in total. The number of piperazine rings is 1. The number of amides is 3. The molecule has 26 heavy (non-hydrogen) atoms. The molecule has 0 unspecified atom stereocenters. The van der Waals surface area contributed by atoms with Crippen molar-refractivity contribution in [2.75, 3.05) is 26.2 Å². The molecule has 1 saturated carbocycles. The lowest BCUT2D eigenvalue weighted by Gasteiger charge is -2.35. The Hall–Kier alpha value is -2.24. The van der Waals surface area contributed by atoms with Crippen LogP contribution in [-0.2, 0) is 0 Å². The molecule has 0 spiro atoms. The molecule has 1 saturated heterocycles. The molecule has 0 radical (unpaired) electrons. The van der Waals surface area contributed by atoms with E-state index in [4.69, 9.17) is 4.74 Å². The first-order valence-electron chi connectivity index (χ1n) is 9.64. The Kier molecular flexibility index (Phi) is 6.01. The second-order valence-corrected chi connectivity index (χ2v) is 7.43. The number of ether oxygens (including phenoxy) is 1. The summed E-state index contributed by atoms with van der Waals surface area (Å²) in [4.78, 5) is 28.3. The Morgan fingerprint density at radius 3 is 2.15 bits per heavy atom. The zero-order valence-corrected chi connectivity index (χ0v) is 15.7. The molecular formula is C20H29N3O3. The highest BCUT2D eigenvalue weighted by Gasteiger charge is 2.25. The minimum atomic E-state index is -0.0551. The highest BCUT2D eigenvalue weighted by atomic mass is 16.5. The fourth-order valence-corrected chi connectivity index (χ4v) is 3.51. The fourth-order valence-electron chi connectivity index (χ4n) is 3.51. The predicted molar refractivity (Wildman–Crippen MR) is 100 cm³/mol. The Morgan fingerprint density at radius 1 is 1.00 bits per heavy atom. The quantitative estimate of drug-likeness (QED) is 0.899. The molecule has 3 amide bonds. The van der Waals surface area contributed by atoms with Gasteiger partial charge in [0.15, 0.2) is 0 Å². The van der Waals surface area contributed by atoms with Crippen molar-refractivity contribution < 1.29 is 14.3 Å². The van der Waals surface area contributed by atoms with Gasteiger partial charge in [-0.1, -0.05) is 0 Å². The van der Waals surface area contributed by atoms with Gasteiger partial charge in [0.25, 0.3) is 5.91 Å². The largest absolute Gasteiger partial charge is 0.490 e. The van der Waals surface area contributed by atoms with Gasteiger partial charge in [-0.3, -0.25) is 4.79 Å². The van der Waals surface area contributed by atoms with Crippen LogP contribution in [0.15, 0.2) is 24.3 Å². The maximum absolute atomic E-state index is 12.7. The second-order valence-electron chi connectivity index (χ2n) is 7.43. The van der Waals surface area contributed by atoms with Crippen LogP contribution in [0.5, 0.6) is 5.75 Å². The van der Waals surface area contributed by atoms with Crippen molar-refractivity contribution in [3.05, 3.63) is 29.8 Å². The molecule has 1 aliphatic carbocycles. The Labute approximate surface area is 155 Å². The zero-order valence-electron chi connectivity index (χ0n) is 15.7.